The van der Waals surface area contributed by atoms with Gasteiger partial charge in [0.2, 0.25) is 0 Å². The first-order valence-corrected chi connectivity index (χ1v) is 7.22. The van der Waals surface area contributed by atoms with Crippen molar-refractivity contribution < 1.29 is 4.42 Å². The van der Waals surface area contributed by atoms with Gasteiger partial charge in [-0.25, -0.2) is 0 Å². The van der Waals surface area contributed by atoms with E-state index in [-0.39, 0.29) is 0 Å². The van der Waals surface area contributed by atoms with Crippen LogP contribution in [0.25, 0.3) is 0 Å². The van der Waals surface area contributed by atoms with Gasteiger partial charge < -0.3 is 9.73 Å². The average Bonchev–Trinajstić information content (AvgIpc) is 2.72. The first-order chi connectivity index (χ1) is 8.71. The molecule has 1 aromatic heterocycles. The minimum atomic E-state index is 0.832. The van der Waals surface area contributed by atoms with Crippen molar-refractivity contribution in [3.8, 4) is 0 Å². The topological polar surface area (TPSA) is 28.4 Å². The zero-order chi connectivity index (χ0) is 13.4. The van der Waals surface area contributed by atoms with E-state index in [0.717, 1.165) is 37.7 Å². The minimum Gasteiger partial charge on any atom is -0.465 e. The van der Waals surface area contributed by atoms with Gasteiger partial charge in [-0.1, -0.05) is 27.2 Å². The summed E-state index contributed by atoms with van der Waals surface area (Å²) in [6.45, 7) is 13.8. The third kappa shape index (κ3) is 4.83. The Morgan fingerprint density at radius 1 is 1.28 bits per heavy atom. The van der Waals surface area contributed by atoms with Gasteiger partial charge in [0.15, 0.2) is 0 Å². The van der Waals surface area contributed by atoms with Crippen LogP contribution in [0.2, 0.25) is 0 Å². The fourth-order valence-electron chi connectivity index (χ4n) is 2.05. The third-order valence-corrected chi connectivity index (χ3v) is 3.29. The Bertz CT molecular complexity index is 333. The molecule has 1 heterocycles. The Balaban J connectivity index is 2.56. The Morgan fingerprint density at radius 3 is 2.67 bits per heavy atom. The summed E-state index contributed by atoms with van der Waals surface area (Å²) in [5.74, 6) is 2.12. The molecule has 0 unspecified atom stereocenters. The molecular formula is C15H28N2O. The van der Waals surface area contributed by atoms with Gasteiger partial charge in [-0.05, 0) is 39.0 Å². The Hall–Kier alpha value is -0.800. The molecular weight excluding hydrogens is 224 g/mol. The van der Waals surface area contributed by atoms with Crippen molar-refractivity contribution in [2.24, 2.45) is 0 Å². The van der Waals surface area contributed by atoms with Crippen molar-refractivity contribution in [3.05, 3.63) is 23.2 Å². The van der Waals surface area contributed by atoms with Crippen LogP contribution >= 0.6 is 0 Å². The zero-order valence-corrected chi connectivity index (χ0v) is 12.4. The molecule has 0 fully saturated rings. The van der Waals surface area contributed by atoms with Crippen molar-refractivity contribution in [3.63, 3.8) is 0 Å². The molecule has 0 spiro atoms. The van der Waals surface area contributed by atoms with Crippen LogP contribution in [-0.4, -0.2) is 24.5 Å². The van der Waals surface area contributed by atoms with Crippen molar-refractivity contribution in [1.29, 1.82) is 0 Å². The molecule has 0 saturated heterocycles. The van der Waals surface area contributed by atoms with E-state index in [0.29, 0.717) is 0 Å². The SMILES string of the molecule is CCCCN(CC)Cc1cc(CNCC)oc1C. The normalized spacial score (nSPS) is 11.4. The van der Waals surface area contributed by atoms with E-state index in [1.54, 1.807) is 0 Å². The summed E-state index contributed by atoms with van der Waals surface area (Å²) in [4.78, 5) is 2.48. The highest BCUT2D eigenvalue weighted by atomic mass is 16.3. The molecule has 0 aliphatic rings. The Morgan fingerprint density at radius 2 is 2.06 bits per heavy atom. The Kier molecular flexibility index (Phi) is 7.06. The van der Waals surface area contributed by atoms with E-state index in [9.17, 15) is 0 Å². The summed E-state index contributed by atoms with van der Waals surface area (Å²) in [6, 6.07) is 2.20. The molecule has 18 heavy (non-hydrogen) atoms. The van der Waals surface area contributed by atoms with Gasteiger partial charge in [-0.15, -0.1) is 0 Å². The van der Waals surface area contributed by atoms with Crippen molar-refractivity contribution in [2.75, 3.05) is 19.6 Å². The number of nitrogens with one attached hydrogen (secondary N) is 1. The average molecular weight is 252 g/mol. The third-order valence-electron chi connectivity index (χ3n) is 3.29. The van der Waals surface area contributed by atoms with E-state index in [2.05, 4.69) is 44.0 Å². The lowest BCUT2D eigenvalue weighted by Gasteiger charge is -2.19. The van der Waals surface area contributed by atoms with Crippen LogP contribution < -0.4 is 5.32 Å². The minimum absolute atomic E-state index is 0.832. The van der Waals surface area contributed by atoms with Gasteiger partial charge in [-0.3, -0.25) is 4.90 Å². The second kappa shape index (κ2) is 8.33. The lowest BCUT2D eigenvalue weighted by molar-refractivity contribution is 0.273. The smallest absolute Gasteiger partial charge is 0.118 e. The van der Waals surface area contributed by atoms with E-state index >= 15 is 0 Å². The largest absolute Gasteiger partial charge is 0.465 e. The number of hydrogen-bond acceptors (Lipinski definition) is 3. The maximum atomic E-state index is 5.78. The molecule has 0 bridgehead atoms. The van der Waals surface area contributed by atoms with Crippen LogP contribution in [0.5, 0.6) is 0 Å². The van der Waals surface area contributed by atoms with Gasteiger partial charge >= 0.3 is 0 Å². The predicted octanol–water partition coefficient (Wildman–Crippen LogP) is 3.32. The molecule has 0 amide bonds. The molecule has 0 atom stereocenters. The lowest BCUT2D eigenvalue weighted by atomic mass is 10.2. The van der Waals surface area contributed by atoms with Crippen LogP contribution in [0.4, 0.5) is 0 Å². The standard InChI is InChI=1S/C15H28N2O/c1-5-8-9-17(7-3)12-14-10-15(11-16-6-2)18-13(14)4/h10,16H,5-9,11-12H2,1-4H3. The maximum Gasteiger partial charge on any atom is 0.118 e. The van der Waals surface area contributed by atoms with Crippen LogP contribution in [0.15, 0.2) is 10.5 Å². The van der Waals surface area contributed by atoms with E-state index in [1.807, 2.05) is 0 Å². The molecule has 0 radical (unpaired) electrons. The summed E-state index contributed by atoms with van der Waals surface area (Å²) in [7, 11) is 0. The first-order valence-electron chi connectivity index (χ1n) is 7.22. The number of furan rings is 1. The molecule has 3 nitrogen and oxygen atoms in total. The number of aryl methyl sites for hydroxylation is 1. The predicted molar refractivity (Wildman–Crippen MR) is 76.7 cm³/mol. The van der Waals surface area contributed by atoms with Gasteiger partial charge in [0, 0.05) is 12.1 Å². The molecule has 1 N–H and O–H groups in total. The quantitative estimate of drug-likeness (QED) is 0.731. The fraction of sp³-hybridized carbons (Fsp3) is 0.733. The fourth-order valence-corrected chi connectivity index (χ4v) is 2.05. The van der Waals surface area contributed by atoms with Crippen molar-refractivity contribution in [2.45, 2.75) is 53.6 Å². The molecule has 0 saturated carbocycles. The monoisotopic (exact) mass is 252 g/mol. The molecule has 0 aliphatic carbocycles. The summed E-state index contributed by atoms with van der Waals surface area (Å²) >= 11 is 0. The second-order valence-corrected chi connectivity index (χ2v) is 4.80. The molecule has 1 rings (SSSR count). The lowest BCUT2D eigenvalue weighted by Crippen LogP contribution is -2.24. The number of unbranched alkanes of at least 4 members (excludes halogenated alkanes) is 1. The van der Waals surface area contributed by atoms with Crippen molar-refractivity contribution in [1.82, 2.24) is 10.2 Å². The van der Waals surface area contributed by atoms with Gasteiger partial charge in [0.1, 0.15) is 11.5 Å². The summed E-state index contributed by atoms with van der Waals surface area (Å²) in [5.41, 5.74) is 1.33. The first kappa shape index (κ1) is 15.3. The zero-order valence-electron chi connectivity index (χ0n) is 12.4. The highest BCUT2D eigenvalue weighted by Gasteiger charge is 2.10. The van der Waals surface area contributed by atoms with Crippen LogP contribution in [0, 0.1) is 6.92 Å². The van der Waals surface area contributed by atoms with Gasteiger partial charge in [0.05, 0.1) is 6.54 Å². The van der Waals surface area contributed by atoms with Crippen LogP contribution in [-0.2, 0) is 13.1 Å². The van der Waals surface area contributed by atoms with E-state index in [4.69, 9.17) is 4.42 Å². The molecule has 104 valence electrons. The Labute approximate surface area is 112 Å². The van der Waals surface area contributed by atoms with E-state index < -0.39 is 0 Å². The van der Waals surface area contributed by atoms with Gasteiger partial charge in [0.25, 0.3) is 0 Å². The summed E-state index contributed by atoms with van der Waals surface area (Å²) in [5, 5.41) is 3.30. The molecule has 3 heteroatoms. The second-order valence-electron chi connectivity index (χ2n) is 4.80. The molecule has 1 aromatic rings. The highest BCUT2D eigenvalue weighted by Crippen LogP contribution is 2.17. The van der Waals surface area contributed by atoms with Crippen LogP contribution in [0.1, 0.15) is 50.7 Å². The molecule has 0 aromatic carbocycles. The number of hydrogen-bond donors (Lipinski definition) is 1. The van der Waals surface area contributed by atoms with Gasteiger partial charge in [-0.2, -0.15) is 0 Å². The highest BCUT2D eigenvalue weighted by molar-refractivity contribution is 5.20. The summed E-state index contributed by atoms with van der Waals surface area (Å²) < 4.78 is 5.78. The van der Waals surface area contributed by atoms with E-state index in [1.165, 1.54) is 24.9 Å². The van der Waals surface area contributed by atoms with Crippen molar-refractivity contribution >= 4 is 0 Å². The summed E-state index contributed by atoms with van der Waals surface area (Å²) in [6.07, 6.45) is 2.53. The maximum absolute atomic E-state index is 5.78. The number of nitrogens with zero attached hydrogens (tertiary/aromatic N) is 1. The molecule has 0 aliphatic heterocycles. The number of rotatable bonds is 9. The van der Waals surface area contributed by atoms with Crippen LogP contribution in [0.3, 0.4) is 0 Å².